The van der Waals surface area contributed by atoms with E-state index < -0.39 is 0 Å². The highest BCUT2D eigenvalue weighted by molar-refractivity contribution is 7.09. The van der Waals surface area contributed by atoms with Gasteiger partial charge in [0, 0.05) is 23.9 Å². The van der Waals surface area contributed by atoms with E-state index in [-0.39, 0.29) is 18.3 Å². The third-order valence-electron chi connectivity index (χ3n) is 3.21. The summed E-state index contributed by atoms with van der Waals surface area (Å²) < 4.78 is 0. The van der Waals surface area contributed by atoms with Crippen molar-refractivity contribution < 1.29 is 4.79 Å². The summed E-state index contributed by atoms with van der Waals surface area (Å²) in [6, 6.07) is 4.46. The molecule has 2 heterocycles. The Labute approximate surface area is 125 Å². The molecule has 1 aromatic rings. The smallest absolute Gasteiger partial charge is 0.224 e. The summed E-state index contributed by atoms with van der Waals surface area (Å²) in [7, 11) is 0. The van der Waals surface area contributed by atoms with Gasteiger partial charge in [0.25, 0.3) is 0 Å². The average molecular weight is 301 g/mol. The number of nitrogens with zero attached hydrogens (tertiary/aromatic N) is 1. The maximum Gasteiger partial charge on any atom is 0.224 e. The normalized spacial score (nSPS) is 17.8. The Bertz CT molecular complexity index is 388. The van der Waals surface area contributed by atoms with Crippen LogP contribution in [0.2, 0.25) is 0 Å². The summed E-state index contributed by atoms with van der Waals surface area (Å²) in [5, 5.41) is 5.42. The van der Waals surface area contributed by atoms with Gasteiger partial charge in [-0.25, -0.2) is 0 Å². The molecule has 1 fully saturated rings. The number of nitrogens with one attached hydrogen (secondary N) is 1. The topological polar surface area (TPSA) is 32.3 Å². The number of hydrogen-bond acceptors (Lipinski definition) is 3. The third-order valence-corrected chi connectivity index (χ3v) is 4.07. The van der Waals surface area contributed by atoms with Crippen molar-refractivity contribution >= 4 is 29.7 Å². The lowest BCUT2D eigenvalue weighted by molar-refractivity contribution is -0.131. The summed E-state index contributed by atoms with van der Waals surface area (Å²) in [5.41, 5.74) is 0. The number of carbonyl (C=O) groups excluding carboxylic acids is 1. The van der Waals surface area contributed by atoms with Gasteiger partial charge in [0.15, 0.2) is 0 Å². The van der Waals surface area contributed by atoms with Gasteiger partial charge >= 0.3 is 0 Å². The molecule has 0 spiro atoms. The number of carbonyl (C=O) groups is 1. The van der Waals surface area contributed by atoms with E-state index in [1.165, 1.54) is 11.3 Å². The van der Waals surface area contributed by atoms with Gasteiger partial charge in [0.05, 0.1) is 6.54 Å². The van der Waals surface area contributed by atoms with E-state index in [9.17, 15) is 4.79 Å². The van der Waals surface area contributed by atoms with Crippen molar-refractivity contribution in [2.24, 2.45) is 0 Å². The van der Waals surface area contributed by atoms with Crippen LogP contribution >= 0.6 is 23.7 Å². The van der Waals surface area contributed by atoms with Crippen molar-refractivity contribution in [2.45, 2.75) is 31.8 Å². The average Bonchev–Trinajstić information content (AvgIpc) is 3.01. The summed E-state index contributed by atoms with van der Waals surface area (Å²) in [5.74, 6) is 0.225. The molecule has 1 saturated heterocycles. The fraction of sp³-hybridized carbons (Fsp3) is 0.500. The molecule has 0 radical (unpaired) electrons. The van der Waals surface area contributed by atoms with Crippen molar-refractivity contribution in [2.75, 3.05) is 13.1 Å². The van der Waals surface area contributed by atoms with Crippen LogP contribution in [0.5, 0.6) is 0 Å². The van der Waals surface area contributed by atoms with Gasteiger partial charge in [-0.3, -0.25) is 4.79 Å². The van der Waals surface area contributed by atoms with Crippen LogP contribution in [0.15, 0.2) is 30.2 Å². The Balaban J connectivity index is 0.00000180. The zero-order valence-electron chi connectivity index (χ0n) is 11.0. The van der Waals surface area contributed by atoms with Gasteiger partial charge in [0.2, 0.25) is 5.91 Å². The zero-order valence-corrected chi connectivity index (χ0v) is 12.6. The van der Waals surface area contributed by atoms with Crippen LogP contribution in [0.3, 0.4) is 0 Å². The lowest BCUT2D eigenvalue weighted by atomic mass is 10.1. The van der Waals surface area contributed by atoms with Crippen molar-refractivity contribution in [3.05, 3.63) is 35.0 Å². The molecule has 1 aliphatic rings. The first-order chi connectivity index (χ1) is 8.79. The maximum atomic E-state index is 12.3. The molecular formula is C14H21ClN2OS. The Kier molecular flexibility index (Phi) is 7.13. The molecule has 3 nitrogen and oxygen atoms in total. The highest BCUT2D eigenvalue weighted by atomic mass is 35.5. The number of halogens is 1. The van der Waals surface area contributed by atoms with Crippen LogP contribution in [0.25, 0.3) is 0 Å². The quantitative estimate of drug-likeness (QED) is 0.819. The van der Waals surface area contributed by atoms with E-state index in [4.69, 9.17) is 0 Å². The summed E-state index contributed by atoms with van der Waals surface area (Å²) in [6.07, 6.45) is 4.71. The lowest BCUT2D eigenvalue weighted by Crippen LogP contribution is -2.35. The number of thiophene rings is 1. The molecule has 19 heavy (non-hydrogen) atoms. The third kappa shape index (κ3) is 4.97. The Hall–Kier alpha value is -0.840. The second kappa shape index (κ2) is 8.35. The van der Waals surface area contributed by atoms with Crippen LogP contribution in [-0.2, 0) is 11.3 Å². The fourth-order valence-corrected chi connectivity index (χ4v) is 2.99. The molecule has 0 aliphatic carbocycles. The second-order valence-electron chi connectivity index (χ2n) is 4.64. The van der Waals surface area contributed by atoms with Crippen molar-refractivity contribution in [3.63, 3.8) is 0 Å². The van der Waals surface area contributed by atoms with E-state index in [1.54, 1.807) is 17.4 Å². The first-order valence-electron chi connectivity index (χ1n) is 6.44. The Morgan fingerprint density at radius 1 is 1.63 bits per heavy atom. The predicted molar refractivity (Wildman–Crippen MR) is 82.8 cm³/mol. The molecule has 2 rings (SSSR count). The highest BCUT2D eigenvalue weighted by Gasteiger charge is 2.21. The maximum absolute atomic E-state index is 12.3. The van der Waals surface area contributed by atoms with E-state index in [0.717, 1.165) is 13.0 Å². The van der Waals surface area contributed by atoms with Gasteiger partial charge in [-0.05, 0) is 30.8 Å². The van der Waals surface area contributed by atoms with Crippen molar-refractivity contribution in [1.82, 2.24) is 10.2 Å². The van der Waals surface area contributed by atoms with Gasteiger partial charge < -0.3 is 10.2 Å². The zero-order chi connectivity index (χ0) is 12.8. The molecular weight excluding hydrogens is 280 g/mol. The summed E-state index contributed by atoms with van der Waals surface area (Å²) in [4.78, 5) is 15.4. The van der Waals surface area contributed by atoms with Crippen molar-refractivity contribution in [3.8, 4) is 0 Å². The fourth-order valence-electron chi connectivity index (χ4n) is 2.27. The molecule has 1 amide bonds. The summed E-state index contributed by atoms with van der Waals surface area (Å²) >= 11 is 1.69. The van der Waals surface area contributed by atoms with Gasteiger partial charge in [0.1, 0.15) is 0 Å². The first-order valence-corrected chi connectivity index (χ1v) is 7.32. The Morgan fingerprint density at radius 3 is 3.05 bits per heavy atom. The van der Waals surface area contributed by atoms with Crippen LogP contribution < -0.4 is 5.32 Å². The second-order valence-corrected chi connectivity index (χ2v) is 5.67. The van der Waals surface area contributed by atoms with E-state index in [0.29, 0.717) is 25.6 Å². The largest absolute Gasteiger partial charge is 0.334 e. The molecule has 0 saturated carbocycles. The van der Waals surface area contributed by atoms with Crippen LogP contribution in [0.1, 0.15) is 24.1 Å². The van der Waals surface area contributed by atoms with E-state index in [2.05, 4.69) is 18.0 Å². The van der Waals surface area contributed by atoms with Gasteiger partial charge in [-0.1, -0.05) is 12.1 Å². The highest BCUT2D eigenvalue weighted by Crippen LogP contribution is 2.15. The molecule has 106 valence electrons. The minimum atomic E-state index is 0. The molecule has 1 atom stereocenters. The van der Waals surface area contributed by atoms with Gasteiger partial charge in [-0.15, -0.1) is 30.3 Å². The first kappa shape index (κ1) is 16.2. The van der Waals surface area contributed by atoms with Gasteiger partial charge in [-0.2, -0.15) is 0 Å². The number of rotatable bonds is 6. The van der Waals surface area contributed by atoms with Crippen LogP contribution in [0.4, 0.5) is 0 Å². The van der Waals surface area contributed by atoms with E-state index >= 15 is 0 Å². The lowest BCUT2D eigenvalue weighted by Gasteiger charge is -2.22. The Morgan fingerprint density at radius 2 is 2.47 bits per heavy atom. The molecule has 5 heteroatoms. The standard InChI is InChI=1S/C14H20N2OS.ClH/c1-2-8-16(11-13-6-4-9-18-13)14(17)10-12-5-3-7-15-12;/h2,4,6,9,12,15H,1,3,5,7-8,10-11H2;1H. The molecule has 1 unspecified atom stereocenters. The monoisotopic (exact) mass is 300 g/mol. The van der Waals surface area contributed by atoms with Crippen molar-refractivity contribution in [1.29, 1.82) is 0 Å². The minimum absolute atomic E-state index is 0. The molecule has 1 aromatic heterocycles. The van der Waals surface area contributed by atoms with Crippen LogP contribution in [0, 0.1) is 0 Å². The SMILES string of the molecule is C=CCN(Cc1cccs1)C(=O)CC1CCCN1.Cl. The van der Waals surface area contributed by atoms with Crippen LogP contribution in [-0.4, -0.2) is 29.9 Å². The summed E-state index contributed by atoms with van der Waals surface area (Å²) in [6.45, 7) is 6.12. The predicted octanol–water partition coefficient (Wildman–Crippen LogP) is 2.83. The molecule has 1 aliphatic heterocycles. The number of amides is 1. The molecule has 1 N–H and O–H groups in total. The molecule has 0 bridgehead atoms. The minimum Gasteiger partial charge on any atom is -0.334 e. The number of hydrogen-bond donors (Lipinski definition) is 1. The van der Waals surface area contributed by atoms with E-state index in [1.807, 2.05) is 16.3 Å². The molecule has 0 aromatic carbocycles.